The van der Waals surface area contributed by atoms with Crippen molar-refractivity contribution in [3.63, 3.8) is 0 Å². The van der Waals surface area contributed by atoms with Gasteiger partial charge < -0.3 is 14.8 Å². The summed E-state index contributed by atoms with van der Waals surface area (Å²) in [5.74, 6) is 0.879. The second-order valence-electron chi connectivity index (χ2n) is 7.42. The van der Waals surface area contributed by atoms with Gasteiger partial charge in [0.25, 0.3) is 0 Å². The number of benzene rings is 1. The molecule has 28 heavy (non-hydrogen) atoms. The Morgan fingerprint density at radius 1 is 0.964 bits per heavy atom. The van der Waals surface area contributed by atoms with Crippen molar-refractivity contribution < 1.29 is 22.7 Å². The first-order valence-electron chi connectivity index (χ1n) is 10.2. The highest BCUT2D eigenvalue weighted by Crippen LogP contribution is 2.31. The SMILES string of the molecule is O=C(CCNS(=O)(=O)c1ccc2c(c1)OCCCO2)NC1CCCCCCC1. The van der Waals surface area contributed by atoms with E-state index in [0.29, 0.717) is 24.7 Å². The summed E-state index contributed by atoms with van der Waals surface area (Å²) in [6.07, 6.45) is 8.91. The van der Waals surface area contributed by atoms with E-state index in [4.69, 9.17) is 9.47 Å². The fraction of sp³-hybridized carbons (Fsp3) is 0.650. The molecule has 0 aromatic heterocycles. The van der Waals surface area contributed by atoms with Crippen molar-refractivity contribution in [3.05, 3.63) is 18.2 Å². The van der Waals surface area contributed by atoms with Crippen LogP contribution in [0.25, 0.3) is 0 Å². The standard InChI is InChI=1S/C20H30N2O5S/c23-20(22-16-7-4-2-1-3-5-8-16)11-12-21-28(24,25)17-9-10-18-19(15-17)27-14-6-13-26-18/h9-10,15-16,21H,1-8,11-14H2,(H,22,23). The Morgan fingerprint density at radius 3 is 2.39 bits per heavy atom. The molecule has 8 heteroatoms. The zero-order valence-electron chi connectivity index (χ0n) is 16.2. The van der Waals surface area contributed by atoms with Gasteiger partial charge in [-0.05, 0) is 25.0 Å². The molecule has 1 aromatic rings. The molecule has 0 saturated heterocycles. The van der Waals surface area contributed by atoms with E-state index >= 15 is 0 Å². The molecule has 1 saturated carbocycles. The first-order valence-corrected chi connectivity index (χ1v) is 11.7. The monoisotopic (exact) mass is 410 g/mol. The second kappa shape index (κ2) is 10.1. The molecule has 1 amide bonds. The fourth-order valence-corrected chi connectivity index (χ4v) is 4.64. The Balaban J connectivity index is 1.49. The Labute approximate surface area is 167 Å². The molecule has 0 radical (unpaired) electrons. The highest BCUT2D eigenvalue weighted by atomic mass is 32.2. The fourth-order valence-electron chi connectivity index (χ4n) is 3.59. The lowest BCUT2D eigenvalue weighted by atomic mass is 9.96. The van der Waals surface area contributed by atoms with Gasteiger partial charge in [-0.15, -0.1) is 0 Å². The number of amides is 1. The quantitative estimate of drug-likeness (QED) is 0.752. The van der Waals surface area contributed by atoms with E-state index in [0.717, 1.165) is 32.1 Å². The minimum absolute atomic E-state index is 0.0648. The van der Waals surface area contributed by atoms with Crippen LogP contribution < -0.4 is 19.5 Å². The zero-order valence-corrected chi connectivity index (χ0v) is 17.1. The van der Waals surface area contributed by atoms with E-state index in [1.807, 2.05) is 0 Å². The van der Waals surface area contributed by atoms with Gasteiger partial charge in [0, 0.05) is 31.5 Å². The summed E-state index contributed by atoms with van der Waals surface area (Å²) in [4.78, 5) is 12.3. The van der Waals surface area contributed by atoms with Crippen LogP contribution in [0.15, 0.2) is 23.1 Å². The molecule has 1 aliphatic heterocycles. The molecular formula is C20H30N2O5S. The third kappa shape index (κ3) is 6.10. The molecule has 156 valence electrons. The Hall–Kier alpha value is -1.80. The molecule has 0 unspecified atom stereocenters. The van der Waals surface area contributed by atoms with Crippen LogP contribution in [0.5, 0.6) is 11.5 Å². The average molecular weight is 411 g/mol. The van der Waals surface area contributed by atoms with Gasteiger partial charge in [0.05, 0.1) is 18.1 Å². The lowest BCUT2D eigenvalue weighted by molar-refractivity contribution is -0.121. The third-order valence-electron chi connectivity index (χ3n) is 5.14. The van der Waals surface area contributed by atoms with E-state index < -0.39 is 10.0 Å². The molecule has 7 nitrogen and oxygen atoms in total. The second-order valence-corrected chi connectivity index (χ2v) is 9.18. The van der Waals surface area contributed by atoms with Crippen molar-refractivity contribution >= 4 is 15.9 Å². The predicted molar refractivity (Wildman–Crippen MR) is 106 cm³/mol. The highest BCUT2D eigenvalue weighted by molar-refractivity contribution is 7.89. The average Bonchev–Trinajstić information content (AvgIpc) is 2.88. The molecule has 1 fully saturated rings. The van der Waals surface area contributed by atoms with Crippen LogP contribution in [0.2, 0.25) is 0 Å². The molecular weight excluding hydrogens is 380 g/mol. The topological polar surface area (TPSA) is 93.7 Å². The van der Waals surface area contributed by atoms with Gasteiger partial charge >= 0.3 is 0 Å². The molecule has 1 aromatic carbocycles. The molecule has 1 heterocycles. The number of rotatable bonds is 6. The van der Waals surface area contributed by atoms with Crippen molar-refractivity contribution in [1.82, 2.24) is 10.0 Å². The number of hydrogen-bond donors (Lipinski definition) is 2. The summed E-state index contributed by atoms with van der Waals surface area (Å²) in [5, 5.41) is 3.05. The zero-order chi connectivity index (χ0) is 19.8. The largest absolute Gasteiger partial charge is 0.490 e. The minimum atomic E-state index is -3.71. The van der Waals surface area contributed by atoms with E-state index in [-0.39, 0.29) is 29.8 Å². The number of carbonyl (C=O) groups is 1. The van der Waals surface area contributed by atoms with Gasteiger partial charge in [0.2, 0.25) is 15.9 Å². The van der Waals surface area contributed by atoms with Gasteiger partial charge in [-0.3, -0.25) is 4.79 Å². The Morgan fingerprint density at radius 2 is 1.64 bits per heavy atom. The van der Waals surface area contributed by atoms with E-state index in [9.17, 15) is 13.2 Å². The summed E-state index contributed by atoms with van der Waals surface area (Å²) < 4.78 is 38.6. The molecule has 2 N–H and O–H groups in total. The van der Waals surface area contributed by atoms with Crippen LogP contribution in [0, 0.1) is 0 Å². The van der Waals surface area contributed by atoms with Crippen LogP contribution in [0.3, 0.4) is 0 Å². The summed E-state index contributed by atoms with van der Waals surface area (Å²) in [5.41, 5.74) is 0. The lowest BCUT2D eigenvalue weighted by Crippen LogP contribution is -2.37. The Bertz CT molecular complexity index is 758. The lowest BCUT2D eigenvalue weighted by Gasteiger charge is -2.21. The van der Waals surface area contributed by atoms with Crippen molar-refractivity contribution in [2.75, 3.05) is 19.8 Å². The maximum atomic E-state index is 12.5. The van der Waals surface area contributed by atoms with E-state index in [1.165, 1.54) is 31.4 Å². The number of carbonyl (C=O) groups excluding carboxylic acids is 1. The van der Waals surface area contributed by atoms with Crippen LogP contribution in [0.1, 0.15) is 57.8 Å². The number of hydrogen-bond acceptors (Lipinski definition) is 5. The number of fused-ring (bicyclic) bond motifs is 1. The summed E-state index contributed by atoms with van der Waals surface area (Å²) in [6.45, 7) is 1.11. The number of sulfonamides is 1. The van der Waals surface area contributed by atoms with Gasteiger partial charge in [0.15, 0.2) is 11.5 Å². The first-order chi connectivity index (χ1) is 13.5. The maximum Gasteiger partial charge on any atom is 0.240 e. The van der Waals surface area contributed by atoms with Crippen molar-refractivity contribution in [2.45, 2.75) is 68.7 Å². The van der Waals surface area contributed by atoms with Crippen molar-refractivity contribution in [1.29, 1.82) is 0 Å². The molecule has 0 atom stereocenters. The van der Waals surface area contributed by atoms with Gasteiger partial charge in [-0.1, -0.05) is 32.1 Å². The smallest absolute Gasteiger partial charge is 0.240 e. The number of ether oxygens (including phenoxy) is 2. The molecule has 2 aliphatic rings. The van der Waals surface area contributed by atoms with Crippen LogP contribution in [-0.2, 0) is 14.8 Å². The van der Waals surface area contributed by atoms with Gasteiger partial charge in [0.1, 0.15) is 0 Å². The molecule has 3 rings (SSSR count). The molecule has 1 aliphatic carbocycles. The summed E-state index contributed by atoms with van der Waals surface area (Å²) in [7, 11) is -3.71. The molecule has 0 spiro atoms. The van der Waals surface area contributed by atoms with Gasteiger partial charge in [-0.25, -0.2) is 13.1 Å². The van der Waals surface area contributed by atoms with E-state index in [1.54, 1.807) is 6.07 Å². The minimum Gasteiger partial charge on any atom is -0.490 e. The van der Waals surface area contributed by atoms with Crippen LogP contribution >= 0.6 is 0 Å². The van der Waals surface area contributed by atoms with Crippen LogP contribution in [0.4, 0.5) is 0 Å². The third-order valence-corrected chi connectivity index (χ3v) is 6.60. The van der Waals surface area contributed by atoms with E-state index in [2.05, 4.69) is 10.0 Å². The normalized spacial score (nSPS) is 18.6. The summed E-state index contributed by atoms with van der Waals surface area (Å²) >= 11 is 0. The highest BCUT2D eigenvalue weighted by Gasteiger charge is 2.19. The van der Waals surface area contributed by atoms with Crippen molar-refractivity contribution in [2.24, 2.45) is 0 Å². The summed E-state index contributed by atoms with van der Waals surface area (Å²) in [6, 6.07) is 4.78. The van der Waals surface area contributed by atoms with Crippen LogP contribution in [-0.4, -0.2) is 40.1 Å². The maximum absolute atomic E-state index is 12.5. The predicted octanol–water partition coefficient (Wildman–Crippen LogP) is 2.75. The number of nitrogens with one attached hydrogen (secondary N) is 2. The first kappa shape index (κ1) is 20.9. The van der Waals surface area contributed by atoms with Crippen molar-refractivity contribution in [3.8, 4) is 11.5 Å². The Kier molecular flexibility index (Phi) is 7.56. The van der Waals surface area contributed by atoms with Gasteiger partial charge in [-0.2, -0.15) is 0 Å². The molecule has 0 bridgehead atoms.